The van der Waals surface area contributed by atoms with Crippen LogP contribution in [0.3, 0.4) is 0 Å². The standard InChI is InChI=1S/C20H29N3O3/c1-15-4-2-3-5-17(15)13-23-11-8-21-20(26)18(23)12-19(25)22-9-6-16(14-24)7-10-22/h2-5,16,18,24H,6-14H2,1H3,(H,21,26). The molecule has 3 rings (SSSR count). The predicted molar refractivity (Wildman–Crippen MR) is 99.4 cm³/mol. The summed E-state index contributed by atoms with van der Waals surface area (Å²) in [6, 6.07) is 7.77. The molecule has 1 aromatic carbocycles. The number of amides is 2. The summed E-state index contributed by atoms with van der Waals surface area (Å²) in [4.78, 5) is 29.1. The summed E-state index contributed by atoms with van der Waals surface area (Å²) in [6.07, 6.45) is 1.90. The fourth-order valence-corrected chi connectivity index (χ4v) is 3.84. The lowest BCUT2D eigenvalue weighted by Gasteiger charge is -2.37. The van der Waals surface area contributed by atoms with Crippen LogP contribution < -0.4 is 5.32 Å². The smallest absolute Gasteiger partial charge is 0.237 e. The highest BCUT2D eigenvalue weighted by molar-refractivity contribution is 5.88. The zero-order valence-corrected chi connectivity index (χ0v) is 15.5. The topological polar surface area (TPSA) is 72.9 Å². The van der Waals surface area contributed by atoms with Gasteiger partial charge in [0.2, 0.25) is 11.8 Å². The number of benzene rings is 1. The van der Waals surface area contributed by atoms with E-state index in [-0.39, 0.29) is 24.8 Å². The van der Waals surface area contributed by atoms with Gasteiger partial charge in [0.1, 0.15) is 0 Å². The van der Waals surface area contributed by atoms with E-state index >= 15 is 0 Å². The Labute approximate surface area is 155 Å². The van der Waals surface area contributed by atoms with Gasteiger partial charge in [0.15, 0.2) is 0 Å². The van der Waals surface area contributed by atoms with Crippen LogP contribution >= 0.6 is 0 Å². The molecule has 6 heteroatoms. The first kappa shape index (κ1) is 18.9. The molecular weight excluding hydrogens is 330 g/mol. The molecule has 1 atom stereocenters. The average Bonchev–Trinajstić information content (AvgIpc) is 2.66. The molecule has 1 aromatic rings. The van der Waals surface area contributed by atoms with E-state index in [0.29, 0.717) is 32.1 Å². The van der Waals surface area contributed by atoms with Crippen molar-refractivity contribution in [2.24, 2.45) is 5.92 Å². The molecular formula is C20H29N3O3. The van der Waals surface area contributed by atoms with Crippen LogP contribution in [0, 0.1) is 12.8 Å². The Hall–Kier alpha value is -1.92. The number of piperidine rings is 1. The van der Waals surface area contributed by atoms with Gasteiger partial charge in [0.25, 0.3) is 0 Å². The summed E-state index contributed by atoms with van der Waals surface area (Å²) in [5.41, 5.74) is 2.40. The second-order valence-corrected chi connectivity index (χ2v) is 7.41. The third kappa shape index (κ3) is 4.43. The monoisotopic (exact) mass is 359 g/mol. The van der Waals surface area contributed by atoms with Gasteiger partial charge < -0.3 is 15.3 Å². The molecule has 2 heterocycles. The Morgan fingerprint density at radius 3 is 2.65 bits per heavy atom. The molecule has 2 aliphatic heterocycles. The largest absolute Gasteiger partial charge is 0.396 e. The van der Waals surface area contributed by atoms with E-state index in [4.69, 9.17) is 0 Å². The van der Waals surface area contributed by atoms with E-state index in [2.05, 4.69) is 29.3 Å². The van der Waals surface area contributed by atoms with E-state index in [1.54, 1.807) is 0 Å². The van der Waals surface area contributed by atoms with Gasteiger partial charge in [-0.1, -0.05) is 24.3 Å². The van der Waals surface area contributed by atoms with Gasteiger partial charge in [-0.15, -0.1) is 0 Å². The molecule has 2 N–H and O–H groups in total. The number of hydrogen-bond donors (Lipinski definition) is 2. The van der Waals surface area contributed by atoms with Crippen molar-refractivity contribution in [2.75, 3.05) is 32.8 Å². The van der Waals surface area contributed by atoms with Crippen LogP contribution in [0.25, 0.3) is 0 Å². The molecule has 1 unspecified atom stereocenters. The number of rotatable bonds is 5. The van der Waals surface area contributed by atoms with Crippen molar-refractivity contribution in [3.63, 3.8) is 0 Å². The van der Waals surface area contributed by atoms with Crippen molar-refractivity contribution in [2.45, 2.75) is 38.8 Å². The normalized spacial score (nSPS) is 22.3. The summed E-state index contributed by atoms with van der Waals surface area (Å²) in [5.74, 6) is 0.288. The molecule has 0 bridgehead atoms. The maximum atomic E-state index is 12.7. The predicted octanol–water partition coefficient (Wildman–Crippen LogP) is 0.916. The first-order valence-corrected chi connectivity index (χ1v) is 9.53. The first-order chi connectivity index (χ1) is 12.6. The van der Waals surface area contributed by atoms with Crippen molar-refractivity contribution < 1.29 is 14.7 Å². The molecule has 2 fully saturated rings. The van der Waals surface area contributed by atoms with Crippen LogP contribution in [0.4, 0.5) is 0 Å². The minimum Gasteiger partial charge on any atom is -0.396 e. The number of nitrogens with one attached hydrogen (secondary N) is 1. The summed E-state index contributed by atoms with van der Waals surface area (Å²) >= 11 is 0. The van der Waals surface area contributed by atoms with Gasteiger partial charge >= 0.3 is 0 Å². The molecule has 2 aliphatic rings. The quantitative estimate of drug-likeness (QED) is 0.820. The highest BCUT2D eigenvalue weighted by Crippen LogP contribution is 2.20. The lowest BCUT2D eigenvalue weighted by atomic mass is 9.97. The van der Waals surface area contributed by atoms with Gasteiger partial charge in [0, 0.05) is 39.3 Å². The van der Waals surface area contributed by atoms with Crippen LogP contribution in [-0.2, 0) is 16.1 Å². The minimum atomic E-state index is -0.411. The number of hydrogen-bond acceptors (Lipinski definition) is 4. The molecule has 0 spiro atoms. The van der Waals surface area contributed by atoms with Gasteiger partial charge in [0.05, 0.1) is 12.5 Å². The third-order valence-electron chi connectivity index (χ3n) is 5.67. The molecule has 0 aromatic heterocycles. The Bertz CT molecular complexity index is 641. The summed E-state index contributed by atoms with van der Waals surface area (Å²) < 4.78 is 0. The molecule has 0 aliphatic carbocycles. The van der Waals surface area contributed by atoms with E-state index in [0.717, 1.165) is 19.4 Å². The van der Waals surface area contributed by atoms with Crippen molar-refractivity contribution in [3.8, 4) is 0 Å². The zero-order chi connectivity index (χ0) is 18.5. The second-order valence-electron chi connectivity index (χ2n) is 7.41. The van der Waals surface area contributed by atoms with Crippen molar-refractivity contribution in [1.82, 2.24) is 15.1 Å². The van der Waals surface area contributed by atoms with Gasteiger partial charge in [-0.05, 0) is 36.8 Å². The highest BCUT2D eigenvalue weighted by atomic mass is 16.3. The average molecular weight is 359 g/mol. The number of carbonyl (C=O) groups is 2. The molecule has 2 amide bonds. The number of aryl methyl sites for hydroxylation is 1. The summed E-state index contributed by atoms with van der Waals surface area (Å²) in [6.45, 7) is 5.68. The van der Waals surface area contributed by atoms with Crippen molar-refractivity contribution >= 4 is 11.8 Å². The maximum Gasteiger partial charge on any atom is 0.237 e. The molecule has 142 valence electrons. The number of aliphatic hydroxyl groups excluding tert-OH is 1. The summed E-state index contributed by atoms with van der Waals surface area (Å²) in [5, 5.41) is 12.1. The fraction of sp³-hybridized carbons (Fsp3) is 0.600. The first-order valence-electron chi connectivity index (χ1n) is 9.53. The Balaban J connectivity index is 1.64. The second kappa shape index (κ2) is 8.64. The lowest BCUT2D eigenvalue weighted by molar-refractivity contribution is -0.140. The Morgan fingerprint density at radius 1 is 1.23 bits per heavy atom. The highest BCUT2D eigenvalue weighted by Gasteiger charge is 2.33. The molecule has 26 heavy (non-hydrogen) atoms. The van der Waals surface area contributed by atoms with E-state index < -0.39 is 6.04 Å². The number of aliphatic hydroxyl groups is 1. The maximum absolute atomic E-state index is 12.7. The third-order valence-corrected chi connectivity index (χ3v) is 5.67. The Kier molecular flexibility index (Phi) is 6.27. The molecule has 6 nitrogen and oxygen atoms in total. The lowest BCUT2D eigenvalue weighted by Crippen LogP contribution is -2.56. The number of carbonyl (C=O) groups excluding carboxylic acids is 2. The van der Waals surface area contributed by atoms with E-state index in [9.17, 15) is 14.7 Å². The Morgan fingerprint density at radius 2 is 1.96 bits per heavy atom. The number of nitrogens with zero attached hydrogens (tertiary/aromatic N) is 2. The van der Waals surface area contributed by atoms with Crippen molar-refractivity contribution in [3.05, 3.63) is 35.4 Å². The van der Waals surface area contributed by atoms with Crippen LogP contribution in [0.2, 0.25) is 0 Å². The van der Waals surface area contributed by atoms with Crippen LogP contribution in [0.5, 0.6) is 0 Å². The fourth-order valence-electron chi connectivity index (χ4n) is 3.84. The van der Waals surface area contributed by atoms with Gasteiger partial charge in [-0.25, -0.2) is 0 Å². The van der Waals surface area contributed by atoms with Crippen LogP contribution in [0.1, 0.15) is 30.4 Å². The number of piperazine rings is 1. The molecule has 0 saturated carbocycles. The molecule has 0 radical (unpaired) electrons. The molecule has 2 saturated heterocycles. The summed E-state index contributed by atoms with van der Waals surface area (Å²) in [7, 11) is 0. The van der Waals surface area contributed by atoms with E-state index in [1.807, 2.05) is 17.0 Å². The minimum absolute atomic E-state index is 0.0400. The van der Waals surface area contributed by atoms with Crippen LogP contribution in [0.15, 0.2) is 24.3 Å². The SMILES string of the molecule is Cc1ccccc1CN1CCNC(=O)C1CC(=O)N1CCC(CO)CC1. The zero-order valence-electron chi connectivity index (χ0n) is 15.5. The van der Waals surface area contributed by atoms with E-state index in [1.165, 1.54) is 11.1 Å². The van der Waals surface area contributed by atoms with Crippen LogP contribution in [-0.4, -0.2) is 65.5 Å². The van der Waals surface area contributed by atoms with Gasteiger partial charge in [-0.2, -0.15) is 0 Å². The van der Waals surface area contributed by atoms with Crippen molar-refractivity contribution in [1.29, 1.82) is 0 Å². The number of likely N-dealkylation sites (tertiary alicyclic amines) is 1. The van der Waals surface area contributed by atoms with Gasteiger partial charge in [-0.3, -0.25) is 14.5 Å².